The van der Waals surface area contributed by atoms with E-state index in [2.05, 4.69) is 5.32 Å². The lowest BCUT2D eigenvalue weighted by atomic mass is 9.97. The fourth-order valence-corrected chi connectivity index (χ4v) is 2.18. The lowest BCUT2D eigenvalue weighted by Gasteiger charge is -2.22. The van der Waals surface area contributed by atoms with Crippen LogP contribution in [0.1, 0.15) is 52.4 Å². The summed E-state index contributed by atoms with van der Waals surface area (Å²) < 4.78 is 0. The quantitative estimate of drug-likeness (QED) is 0.722. The molecule has 2 atom stereocenters. The number of carbonyl (C=O) groups is 1. The Balaban J connectivity index is 2.37. The number of aliphatic hydroxyl groups is 1. The molecule has 94 valence electrons. The average Bonchev–Trinajstić information content (AvgIpc) is 2.56. The van der Waals surface area contributed by atoms with Crippen LogP contribution in [0.5, 0.6) is 0 Å². The molecule has 1 fully saturated rings. The summed E-state index contributed by atoms with van der Waals surface area (Å²) in [6, 6.07) is 0.0701. The molecular formula is C13H25NO2. The van der Waals surface area contributed by atoms with Gasteiger partial charge >= 0.3 is 0 Å². The van der Waals surface area contributed by atoms with E-state index in [1.807, 2.05) is 13.8 Å². The van der Waals surface area contributed by atoms with E-state index in [1.165, 1.54) is 25.7 Å². The van der Waals surface area contributed by atoms with E-state index in [0.717, 1.165) is 12.8 Å². The minimum atomic E-state index is 0.0701. The number of aliphatic hydroxyl groups excluding tert-OH is 1. The van der Waals surface area contributed by atoms with E-state index in [0.29, 0.717) is 0 Å². The van der Waals surface area contributed by atoms with Crippen molar-refractivity contribution in [3.05, 3.63) is 0 Å². The molecule has 1 amide bonds. The van der Waals surface area contributed by atoms with Crippen LogP contribution in [0.3, 0.4) is 0 Å². The molecule has 0 aliphatic heterocycles. The summed E-state index contributed by atoms with van der Waals surface area (Å²) >= 11 is 0. The molecule has 0 saturated heterocycles. The van der Waals surface area contributed by atoms with Gasteiger partial charge in [0.2, 0.25) is 5.91 Å². The molecule has 1 aliphatic rings. The Bertz CT molecular complexity index is 210. The summed E-state index contributed by atoms with van der Waals surface area (Å²) in [6.45, 7) is 4.06. The Labute approximate surface area is 98.6 Å². The number of hydrogen-bond acceptors (Lipinski definition) is 2. The second-order valence-corrected chi connectivity index (χ2v) is 5.15. The lowest BCUT2D eigenvalue weighted by Crippen LogP contribution is -2.41. The van der Waals surface area contributed by atoms with Gasteiger partial charge in [-0.15, -0.1) is 0 Å². The minimum Gasteiger partial charge on any atom is -0.396 e. The smallest absolute Gasteiger partial charge is 0.223 e. The van der Waals surface area contributed by atoms with E-state index in [4.69, 9.17) is 5.11 Å². The number of hydrogen-bond donors (Lipinski definition) is 2. The second kappa shape index (κ2) is 6.89. The Morgan fingerprint density at radius 1 is 1.25 bits per heavy atom. The van der Waals surface area contributed by atoms with Crippen LogP contribution in [-0.4, -0.2) is 23.7 Å². The molecule has 3 heteroatoms. The van der Waals surface area contributed by atoms with E-state index in [-0.39, 0.29) is 30.4 Å². The standard InChI is InChI=1S/C13H25NO2/c1-10(9-15)11(2)14-13(16)12-7-5-3-4-6-8-12/h10-12,15H,3-9H2,1-2H3,(H,14,16). The Morgan fingerprint density at radius 3 is 2.31 bits per heavy atom. The maximum absolute atomic E-state index is 12.0. The van der Waals surface area contributed by atoms with Crippen molar-refractivity contribution < 1.29 is 9.90 Å². The molecule has 0 radical (unpaired) electrons. The first-order valence-electron chi connectivity index (χ1n) is 6.56. The third kappa shape index (κ3) is 4.12. The summed E-state index contributed by atoms with van der Waals surface area (Å²) in [5.41, 5.74) is 0. The molecule has 0 aromatic heterocycles. The van der Waals surface area contributed by atoms with E-state index in [9.17, 15) is 4.79 Å². The average molecular weight is 227 g/mol. The molecule has 3 nitrogen and oxygen atoms in total. The summed E-state index contributed by atoms with van der Waals surface area (Å²) in [6.07, 6.45) is 6.97. The van der Waals surface area contributed by atoms with Crippen LogP contribution >= 0.6 is 0 Å². The molecule has 1 rings (SSSR count). The van der Waals surface area contributed by atoms with Crippen molar-refractivity contribution in [1.29, 1.82) is 0 Å². The molecule has 0 aromatic rings. The molecule has 2 unspecified atom stereocenters. The number of nitrogens with one attached hydrogen (secondary N) is 1. The van der Waals surface area contributed by atoms with Gasteiger partial charge < -0.3 is 10.4 Å². The predicted octanol–water partition coefficient (Wildman–Crippen LogP) is 2.09. The Kier molecular flexibility index (Phi) is 5.81. The van der Waals surface area contributed by atoms with E-state index < -0.39 is 0 Å². The minimum absolute atomic E-state index is 0.0701. The molecule has 0 bridgehead atoms. The molecule has 1 aliphatic carbocycles. The van der Waals surface area contributed by atoms with Gasteiger partial charge in [-0.05, 0) is 25.7 Å². The number of amides is 1. The van der Waals surface area contributed by atoms with Crippen molar-refractivity contribution in [2.75, 3.05) is 6.61 Å². The highest BCUT2D eigenvalue weighted by molar-refractivity contribution is 5.78. The summed E-state index contributed by atoms with van der Waals surface area (Å²) in [4.78, 5) is 12.0. The normalized spacial score (nSPS) is 22.2. The highest BCUT2D eigenvalue weighted by Gasteiger charge is 2.22. The third-order valence-corrected chi connectivity index (χ3v) is 3.74. The molecule has 16 heavy (non-hydrogen) atoms. The molecule has 1 saturated carbocycles. The fourth-order valence-electron chi connectivity index (χ4n) is 2.18. The largest absolute Gasteiger partial charge is 0.396 e. The predicted molar refractivity (Wildman–Crippen MR) is 65.0 cm³/mol. The van der Waals surface area contributed by atoms with Gasteiger partial charge in [-0.1, -0.05) is 32.6 Å². The summed E-state index contributed by atoms with van der Waals surface area (Å²) in [5, 5.41) is 12.1. The first-order valence-corrected chi connectivity index (χ1v) is 6.56. The van der Waals surface area contributed by atoms with Gasteiger partial charge in [0.25, 0.3) is 0 Å². The second-order valence-electron chi connectivity index (χ2n) is 5.15. The van der Waals surface area contributed by atoms with Crippen molar-refractivity contribution in [3.63, 3.8) is 0 Å². The first-order chi connectivity index (χ1) is 7.65. The van der Waals surface area contributed by atoms with Crippen molar-refractivity contribution in [2.24, 2.45) is 11.8 Å². The maximum Gasteiger partial charge on any atom is 0.223 e. The lowest BCUT2D eigenvalue weighted by molar-refractivity contribution is -0.126. The highest BCUT2D eigenvalue weighted by atomic mass is 16.3. The van der Waals surface area contributed by atoms with Gasteiger partial charge in [0.1, 0.15) is 0 Å². The zero-order valence-electron chi connectivity index (χ0n) is 10.5. The number of carbonyl (C=O) groups excluding carboxylic acids is 1. The zero-order chi connectivity index (χ0) is 12.0. The van der Waals surface area contributed by atoms with Crippen LogP contribution in [0.4, 0.5) is 0 Å². The van der Waals surface area contributed by atoms with Gasteiger partial charge in [0, 0.05) is 18.6 Å². The van der Waals surface area contributed by atoms with Crippen molar-refractivity contribution in [3.8, 4) is 0 Å². The van der Waals surface area contributed by atoms with Gasteiger partial charge in [0.15, 0.2) is 0 Å². The van der Waals surface area contributed by atoms with Gasteiger partial charge in [-0.2, -0.15) is 0 Å². The van der Waals surface area contributed by atoms with Gasteiger partial charge in [-0.3, -0.25) is 4.79 Å². The van der Waals surface area contributed by atoms with Crippen molar-refractivity contribution in [2.45, 2.75) is 58.4 Å². The van der Waals surface area contributed by atoms with Gasteiger partial charge in [0.05, 0.1) is 0 Å². The van der Waals surface area contributed by atoms with Crippen LogP contribution in [-0.2, 0) is 4.79 Å². The Hall–Kier alpha value is -0.570. The first kappa shape index (κ1) is 13.5. The topological polar surface area (TPSA) is 49.3 Å². The SMILES string of the molecule is CC(CO)C(C)NC(=O)C1CCCCCC1. The van der Waals surface area contributed by atoms with Gasteiger partial charge in [-0.25, -0.2) is 0 Å². The molecule has 0 aromatic carbocycles. The van der Waals surface area contributed by atoms with Crippen LogP contribution in [0.2, 0.25) is 0 Å². The summed E-state index contributed by atoms with van der Waals surface area (Å²) in [5.74, 6) is 0.528. The number of rotatable bonds is 4. The van der Waals surface area contributed by atoms with Crippen LogP contribution in [0.25, 0.3) is 0 Å². The van der Waals surface area contributed by atoms with E-state index >= 15 is 0 Å². The molecule has 0 heterocycles. The zero-order valence-corrected chi connectivity index (χ0v) is 10.5. The molecule has 2 N–H and O–H groups in total. The monoisotopic (exact) mass is 227 g/mol. The Morgan fingerprint density at radius 2 is 1.81 bits per heavy atom. The maximum atomic E-state index is 12.0. The fraction of sp³-hybridized carbons (Fsp3) is 0.923. The summed E-state index contributed by atoms with van der Waals surface area (Å²) in [7, 11) is 0. The van der Waals surface area contributed by atoms with Crippen molar-refractivity contribution >= 4 is 5.91 Å². The van der Waals surface area contributed by atoms with Crippen LogP contribution < -0.4 is 5.32 Å². The van der Waals surface area contributed by atoms with E-state index in [1.54, 1.807) is 0 Å². The molecular weight excluding hydrogens is 202 g/mol. The molecule has 0 spiro atoms. The highest BCUT2D eigenvalue weighted by Crippen LogP contribution is 2.23. The van der Waals surface area contributed by atoms with Crippen LogP contribution in [0.15, 0.2) is 0 Å². The van der Waals surface area contributed by atoms with Crippen molar-refractivity contribution in [1.82, 2.24) is 5.32 Å². The van der Waals surface area contributed by atoms with Crippen LogP contribution in [0, 0.1) is 11.8 Å². The third-order valence-electron chi connectivity index (χ3n) is 3.74.